The van der Waals surface area contributed by atoms with E-state index < -0.39 is 0 Å². The number of carbonyl (C=O) groups is 2. The lowest BCUT2D eigenvalue weighted by atomic mass is 10.1. The second-order valence-electron chi connectivity index (χ2n) is 4.46. The number of nitrogens with zero attached hydrogens (tertiary/aromatic N) is 2. The smallest absolute Gasteiger partial charge is 0.265 e. The summed E-state index contributed by atoms with van der Waals surface area (Å²) in [6.07, 6.45) is 4.57. The minimum Gasteiger partial charge on any atom is -0.388 e. The number of rotatable bonds is 5. The summed E-state index contributed by atoms with van der Waals surface area (Å²) in [6.45, 7) is 3.84. The Morgan fingerprint density at radius 3 is 2.53 bits per heavy atom. The molecule has 0 unspecified atom stereocenters. The Morgan fingerprint density at radius 1 is 1.26 bits per heavy atom. The van der Waals surface area contributed by atoms with Gasteiger partial charge in [0.2, 0.25) is 5.91 Å². The molecule has 0 aromatic heterocycles. The lowest BCUT2D eigenvalue weighted by molar-refractivity contribution is -0.127. The van der Waals surface area contributed by atoms with Crippen LogP contribution in [-0.4, -0.2) is 42.9 Å². The summed E-state index contributed by atoms with van der Waals surface area (Å²) in [5, 5.41) is 14.5. The molecule has 6 heteroatoms. The molecule has 1 heterocycles. The third kappa shape index (κ3) is 5.42. The van der Waals surface area contributed by atoms with Gasteiger partial charge in [-0.15, -0.1) is 0 Å². The summed E-state index contributed by atoms with van der Waals surface area (Å²) < 4.78 is 0. The van der Waals surface area contributed by atoms with Crippen molar-refractivity contribution in [1.82, 2.24) is 15.5 Å². The molecule has 104 valence electrons. The summed E-state index contributed by atoms with van der Waals surface area (Å²) in [5.41, 5.74) is 0.115. The van der Waals surface area contributed by atoms with Gasteiger partial charge in [-0.25, -0.2) is 0 Å². The average molecular weight is 264 g/mol. The third-order valence-electron chi connectivity index (χ3n) is 2.88. The van der Waals surface area contributed by atoms with E-state index in [-0.39, 0.29) is 17.4 Å². The number of carbonyl (C=O) groups excluding carboxylic acids is 2. The van der Waals surface area contributed by atoms with Crippen molar-refractivity contribution in [3.05, 3.63) is 11.8 Å². The predicted molar refractivity (Wildman–Crippen MR) is 70.8 cm³/mol. The average Bonchev–Trinajstić information content (AvgIpc) is 2.43. The van der Waals surface area contributed by atoms with Crippen LogP contribution in [-0.2, 0) is 9.59 Å². The molecule has 0 spiro atoms. The fourth-order valence-corrected chi connectivity index (χ4v) is 1.89. The summed E-state index contributed by atoms with van der Waals surface area (Å²) in [5.74, 6) is -0.315. The van der Waals surface area contributed by atoms with Gasteiger partial charge in [-0.3, -0.25) is 9.59 Å². The van der Waals surface area contributed by atoms with Gasteiger partial charge in [0.15, 0.2) is 0 Å². The van der Waals surface area contributed by atoms with E-state index in [1.807, 2.05) is 6.07 Å². The largest absolute Gasteiger partial charge is 0.388 e. The molecule has 1 aliphatic heterocycles. The second kappa shape index (κ2) is 8.14. The van der Waals surface area contributed by atoms with Gasteiger partial charge in [-0.2, -0.15) is 5.26 Å². The van der Waals surface area contributed by atoms with E-state index in [1.54, 1.807) is 4.90 Å². The summed E-state index contributed by atoms with van der Waals surface area (Å²) in [6, 6.07) is 1.92. The monoisotopic (exact) mass is 264 g/mol. The van der Waals surface area contributed by atoms with Gasteiger partial charge < -0.3 is 15.5 Å². The zero-order valence-electron chi connectivity index (χ0n) is 11.2. The van der Waals surface area contributed by atoms with Crippen LogP contribution < -0.4 is 10.6 Å². The fourth-order valence-electron chi connectivity index (χ4n) is 1.89. The fraction of sp³-hybridized carbons (Fsp3) is 0.615. The maximum atomic E-state index is 12.0. The molecule has 1 saturated heterocycles. The molecule has 0 bridgehead atoms. The van der Waals surface area contributed by atoms with Gasteiger partial charge in [-0.05, 0) is 19.3 Å². The standard InChI is InChI=1S/C13H20N4O2/c1-11(18)16-6-5-15-10-12(9-14)13(19)17-7-3-2-4-8-17/h10,15H,2-8H2,1H3,(H,16,18)/b12-10-. The van der Waals surface area contributed by atoms with Crippen molar-refractivity contribution < 1.29 is 9.59 Å². The molecular weight excluding hydrogens is 244 g/mol. The molecule has 6 nitrogen and oxygen atoms in total. The molecule has 0 radical (unpaired) electrons. The van der Waals surface area contributed by atoms with Crippen LogP contribution in [0.5, 0.6) is 0 Å². The number of nitrogens with one attached hydrogen (secondary N) is 2. The molecule has 1 fully saturated rings. The number of piperidine rings is 1. The predicted octanol–water partition coefficient (Wildman–Crippen LogP) is 0.132. The zero-order valence-corrected chi connectivity index (χ0v) is 11.2. The van der Waals surface area contributed by atoms with Crippen LogP contribution in [0.1, 0.15) is 26.2 Å². The van der Waals surface area contributed by atoms with Crippen LogP contribution in [0.3, 0.4) is 0 Å². The van der Waals surface area contributed by atoms with Crippen molar-refractivity contribution in [3.8, 4) is 6.07 Å². The number of hydrogen-bond donors (Lipinski definition) is 2. The number of amides is 2. The quantitative estimate of drug-likeness (QED) is 0.420. The molecule has 0 saturated carbocycles. The molecule has 1 aliphatic rings. The van der Waals surface area contributed by atoms with Gasteiger partial charge in [0.25, 0.3) is 5.91 Å². The molecule has 1 rings (SSSR count). The first kappa shape index (κ1) is 15.0. The van der Waals surface area contributed by atoms with E-state index in [9.17, 15) is 9.59 Å². The first-order chi connectivity index (χ1) is 9.15. The van der Waals surface area contributed by atoms with E-state index in [1.165, 1.54) is 13.1 Å². The molecule has 2 N–H and O–H groups in total. The highest BCUT2D eigenvalue weighted by Crippen LogP contribution is 2.11. The Labute approximate surface area is 113 Å². The zero-order chi connectivity index (χ0) is 14.1. The number of likely N-dealkylation sites (tertiary alicyclic amines) is 1. The SMILES string of the molecule is CC(=O)NCCN/C=C(/C#N)C(=O)N1CCCCC1. The number of hydrogen-bond acceptors (Lipinski definition) is 4. The summed E-state index contributed by atoms with van der Waals surface area (Å²) >= 11 is 0. The van der Waals surface area contributed by atoms with Crippen molar-refractivity contribution in [2.45, 2.75) is 26.2 Å². The van der Waals surface area contributed by atoms with Crippen LogP contribution in [0.4, 0.5) is 0 Å². The Balaban J connectivity index is 2.40. The van der Waals surface area contributed by atoms with Crippen LogP contribution in [0.25, 0.3) is 0 Å². The van der Waals surface area contributed by atoms with Gasteiger partial charge in [0.05, 0.1) is 0 Å². The highest BCUT2D eigenvalue weighted by molar-refractivity contribution is 5.97. The Morgan fingerprint density at radius 2 is 1.95 bits per heavy atom. The van der Waals surface area contributed by atoms with Crippen LogP contribution in [0.2, 0.25) is 0 Å². The molecule has 2 amide bonds. The van der Waals surface area contributed by atoms with E-state index in [0.717, 1.165) is 32.4 Å². The van der Waals surface area contributed by atoms with Gasteiger partial charge in [0.1, 0.15) is 11.6 Å². The minimum atomic E-state index is -0.214. The van der Waals surface area contributed by atoms with Crippen LogP contribution >= 0.6 is 0 Å². The summed E-state index contributed by atoms with van der Waals surface area (Å²) in [4.78, 5) is 24.4. The lowest BCUT2D eigenvalue weighted by Crippen LogP contribution is -2.37. The van der Waals surface area contributed by atoms with Gasteiger partial charge in [-0.1, -0.05) is 0 Å². The first-order valence-electron chi connectivity index (χ1n) is 6.52. The highest BCUT2D eigenvalue weighted by Gasteiger charge is 2.19. The summed E-state index contributed by atoms with van der Waals surface area (Å²) in [7, 11) is 0. The molecule has 0 atom stereocenters. The Bertz CT molecular complexity index is 392. The van der Waals surface area contributed by atoms with Crippen molar-refractivity contribution in [2.75, 3.05) is 26.2 Å². The van der Waals surface area contributed by atoms with Gasteiger partial charge in [0, 0.05) is 39.3 Å². The van der Waals surface area contributed by atoms with Crippen molar-refractivity contribution in [1.29, 1.82) is 5.26 Å². The Hall–Kier alpha value is -2.03. The molecule has 0 aromatic rings. The van der Waals surface area contributed by atoms with Crippen molar-refractivity contribution in [3.63, 3.8) is 0 Å². The second-order valence-corrected chi connectivity index (χ2v) is 4.46. The third-order valence-corrected chi connectivity index (χ3v) is 2.88. The number of nitriles is 1. The van der Waals surface area contributed by atoms with Crippen molar-refractivity contribution in [2.24, 2.45) is 0 Å². The van der Waals surface area contributed by atoms with Crippen molar-refractivity contribution >= 4 is 11.8 Å². The molecule has 19 heavy (non-hydrogen) atoms. The van der Waals surface area contributed by atoms with E-state index in [2.05, 4.69) is 10.6 Å². The van der Waals surface area contributed by atoms with Gasteiger partial charge >= 0.3 is 0 Å². The van der Waals surface area contributed by atoms with Crippen LogP contribution in [0.15, 0.2) is 11.8 Å². The van der Waals surface area contributed by atoms with Crippen LogP contribution in [0, 0.1) is 11.3 Å². The highest BCUT2D eigenvalue weighted by atomic mass is 16.2. The topological polar surface area (TPSA) is 85.2 Å². The van der Waals surface area contributed by atoms with E-state index >= 15 is 0 Å². The van der Waals surface area contributed by atoms with E-state index in [0.29, 0.717) is 13.1 Å². The Kier molecular flexibility index (Phi) is 6.44. The normalized spacial score (nSPS) is 15.6. The first-order valence-corrected chi connectivity index (χ1v) is 6.52. The molecular formula is C13H20N4O2. The molecule has 0 aromatic carbocycles. The maximum absolute atomic E-state index is 12.0. The van der Waals surface area contributed by atoms with E-state index in [4.69, 9.17) is 5.26 Å². The lowest BCUT2D eigenvalue weighted by Gasteiger charge is -2.26. The minimum absolute atomic E-state index is 0.101. The maximum Gasteiger partial charge on any atom is 0.265 e. The molecule has 0 aliphatic carbocycles.